The molecule has 0 radical (unpaired) electrons. The lowest BCUT2D eigenvalue weighted by Gasteiger charge is -2.03. The predicted octanol–water partition coefficient (Wildman–Crippen LogP) is 4.80. The van der Waals surface area contributed by atoms with Crippen molar-refractivity contribution in [3.63, 3.8) is 0 Å². The molecule has 1 aromatic carbocycles. The lowest BCUT2D eigenvalue weighted by Crippen LogP contribution is -2.03. The molecule has 2 aromatic heterocycles. The summed E-state index contributed by atoms with van der Waals surface area (Å²) in [5.41, 5.74) is 1.86. The topological polar surface area (TPSA) is 47.8 Å². The highest BCUT2D eigenvalue weighted by molar-refractivity contribution is 7.99. The Balaban J connectivity index is 1.53. The number of hydrogen-bond donors (Lipinski definition) is 0. The summed E-state index contributed by atoms with van der Waals surface area (Å²) < 4.78 is 1.93. The molecule has 0 atom stereocenters. The number of aryl methyl sites for hydroxylation is 2. The summed E-state index contributed by atoms with van der Waals surface area (Å²) in [7, 11) is 0. The molecule has 4 rings (SSSR count). The van der Waals surface area contributed by atoms with Gasteiger partial charge in [-0.3, -0.25) is 4.79 Å². The number of aromatic nitrogens is 3. The van der Waals surface area contributed by atoms with Crippen LogP contribution in [0.2, 0.25) is 0 Å². The first-order valence-electron chi connectivity index (χ1n) is 8.37. The van der Waals surface area contributed by atoms with E-state index in [2.05, 4.69) is 5.10 Å². The smallest absolute Gasteiger partial charge is 0.209 e. The van der Waals surface area contributed by atoms with Crippen LogP contribution in [0.1, 0.15) is 44.7 Å². The number of ketones is 1. The number of thiophene rings is 1. The van der Waals surface area contributed by atoms with Gasteiger partial charge in [-0.25, -0.2) is 9.67 Å². The monoisotopic (exact) mass is 369 g/mol. The highest BCUT2D eigenvalue weighted by atomic mass is 32.2. The second-order valence-electron chi connectivity index (χ2n) is 6.31. The van der Waals surface area contributed by atoms with Gasteiger partial charge in [-0.1, -0.05) is 30.0 Å². The Bertz CT molecular complexity index is 910. The van der Waals surface area contributed by atoms with Gasteiger partial charge < -0.3 is 0 Å². The van der Waals surface area contributed by atoms with E-state index in [1.54, 1.807) is 11.3 Å². The van der Waals surface area contributed by atoms with Gasteiger partial charge in [0.05, 0.1) is 11.4 Å². The van der Waals surface area contributed by atoms with Gasteiger partial charge in [0.2, 0.25) is 5.16 Å². The van der Waals surface area contributed by atoms with Gasteiger partial charge in [0.15, 0.2) is 5.78 Å². The Morgan fingerprint density at radius 2 is 2.04 bits per heavy atom. The number of thioether (sulfide) groups is 1. The molecule has 0 spiro atoms. The van der Waals surface area contributed by atoms with Gasteiger partial charge in [0.25, 0.3) is 0 Å². The molecule has 1 fully saturated rings. The van der Waals surface area contributed by atoms with Gasteiger partial charge in [-0.15, -0.1) is 16.4 Å². The van der Waals surface area contributed by atoms with Crippen molar-refractivity contribution in [1.29, 1.82) is 0 Å². The third-order valence-corrected chi connectivity index (χ3v) is 6.03. The molecular weight excluding hydrogens is 350 g/mol. The van der Waals surface area contributed by atoms with Crippen LogP contribution in [-0.4, -0.2) is 26.3 Å². The van der Waals surface area contributed by atoms with E-state index in [0.717, 1.165) is 22.0 Å². The highest BCUT2D eigenvalue weighted by Gasteiger charge is 2.30. The minimum absolute atomic E-state index is 0.149. The van der Waals surface area contributed by atoms with Crippen molar-refractivity contribution in [2.24, 2.45) is 0 Å². The van der Waals surface area contributed by atoms with Gasteiger partial charge >= 0.3 is 0 Å². The van der Waals surface area contributed by atoms with Crippen LogP contribution in [0.15, 0.2) is 41.6 Å². The zero-order chi connectivity index (χ0) is 17.4. The fraction of sp³-hybridized carbons (Fsp3) is 0.316. The van der Waals surface area contributed by atoms with Crippen LogP contribution in [0.25, 0.3) is 5.69 Å². The second-order valence-corrected chi connectivity index (χ2v) is 8.72. The fourth-order valence-electron chi connectivity index (χ4n) is 2.85. The minimum atomic E-state index is 0.149. The molecule has 0 N–H and O–H groups in total. The van der Waals surface area contributed by atoms with E-state index in [0.29, 0.717) is 16.8 Å². The number of rotatable bonds is 6. The number of Topliss-reactive ketones (excluding diaryl/α,β-unsaturated/α-hetero) is 1. The first-order valence-corrected chi connectivity index (χ1v) is 10.2. The molecule has 4 nitrogen and oxygen atoms in total. The Hall–Kier alpha value is -1.92. The van der Waals surface area contributed by atoms with Crippen molar-refractivity contribution < 1.29 is 4.79 Å². The van der Waals surface area contributed by atoms with Crippen LogP contribution in [0.5, 0.6) is 0 Å². The van der Waals surface area contributed by atoms with Crippen molar-refractivity contribution in [3.8, 4) is 5.69 Å². The molecule has 0 bridgehead atoms. The lowest BCUT2D eigenvalue weighted by molar-refractivity contribution is 0.102. The van der Waals surface area contributed by atoms with Crippen molar-refractivity contribution >= 4 is 28.9 Å². The standard InChI is InChI=1S/C19H19N3OS2/c1-12-10-16(13(2)25-12)17(23)11-24-19-20-18(14-8-9-14)22(21-19)15-6-4-3-5-7-15/h3-7,10,14H,8-9,11H2,1-2H3. The van der Waals surface area contributed by atoms with Gasteiger partial charge in [0.1, 0.15) is 5.82 Å². The molecule has 2 heterocycles. The van der Waals surface area contributed by atoms with E-state index in [-0.39, 0.29) is 5.78 Å². The Morgan fingerprint density at radius 3 is 2.68 bits per heavy atom. The largest absolute Gasteiger partial charge is 0.293 e. The predicted molar refractivity (Wildman–Crippen MR) is 102 cm³/mol. The van der Waals surface area contributed by atoms with Crippen LogP contribution in [0.4, 0.5) is 0 Å². The molecule has 1 aliphatic carbocycles. The molecule has 0 amide bonds. The van der Waals surface area contributed by atoms with E-state index in [9.17, 15) is 4.79 Å². The summed E-state index contributed by atoms with van der Waals surface area (Å²) in [6, 6.07) is 12.1. The second kappa shape index (κ2) is 6.77. The van der Waals surface area contributed by atoms with E-state index >= 15 is 0 Å². The first kappa shape index (κ1) is 16.5. The van der Waals surface area contributed by atoms with Crippen molar-refractivity contribution in [2.45, 2.75) is 37.8 Å². The third-order valence-electron chi connectivity index (χ3n) is 4.23. The summed E-state index contributed by atoms with van der Waals surface area (Å²) in [6.45, 7) is 4.04. The Kier molecular flexibility index (Phi) is 4.48. The van der Waals surface area contributed by atoms with Gasteiger partial charge in [-0.2, -0.15) is 0 Å². The van der Waals surface area contributed by atoms with Crippen molar-refractivity contribution in [2.75, 3.05) is 5.75 Å². The number of nitrogens with zero attached hydrogens (tertiary/aromatic N) is 3. The average Bonchev–Trinajstić information content (AvgIpc) is 3.28. The van der Waals surface area contributed by atoms with Crippen molar-refractivity contribution in [3.05, 3.63) is 57.5 Å². The zero-order valence-corrected chi connectivity index (χ0v) is 15.9. The highest BCUT2D eigenvalue weighted by Crippen LogP contribution is 2.40. The van der Waals surface area contributed by atoms with Crippen LogP contribution in [-0.2, 0) is 0 Å². The van der Waals surface area contributed by atoms with Crippen LogP contribution >= 0.6 is 23.1 Å². The summed E-state index contributed by atoms with van der Waals surface area (Å²) in [5.74, 6) is 2.04. The number of hydrogen-bond acceptors (Lipinski definition) is 5. The minimum Gasteiger partial charge on any atom is -0.293 e. The maximum absolute atomic E-state index is 12.5. The fourth-order valence-corrected chi connectivity index (χ4v) is 4.50. The Morgan fingerprint density at radius 1 is 1.28 bits per heavy atom. The van der Waals surface area contributed by atoms with Crippen LogP contribution < -0.4 is 0 Å². The summed E-state index contributed by atoms with van der Waals surface area (Å²) in [5, 5.41) is 5.34. The number of benzene rings is 1. The van der Waals surface area contributed by atoms with Gasteiger partial charge in [-0.05, 0) is 44.9 Å². The average molecular weight is 370 g/mol. The molecule has 1 saturated carbocycles. The molecular formula is C19H19N3OS2. The zero-order valence-electron chi connectivity index (χ0n) is 14.2. The summed E-state index contributed by atoms with van der Waals surface area (Å²) in [4.78, 5) is 19.5. The number of carbonyl (C=O) groups is 1. The van der Waals surface area contributed by atoms with Crippen LogP contribution in [0, 0.1) is 13.8 Å². The molecule has 6 heteroatoms. The van der Waals surface area contributed by atoms with E-state index in [1.807, 2.05) is 54.9 Å². The normalized spacial score (nSPS) is 14.0. The maximum atomic E-state index is 12.5. The van der Waals surface area contributed by atoms with E-state index in [1.165, 1.54) is 29.5 Å². The maximum Gasteiger partial charge on any atom is 0.209 e. The van der Waals surface area contributed by atoms with Gasteiger partial charge in [0, 0.05) is 21.2 Å². The molecule has 3 aromatic rings. The quantitative estimate of drug-likeness (QED) is 0.463. The van der Waals surface area contributed by atoms with E-state index in [4.69, 9.17) is 4.98 Å². The molecule has 128 valence electrons. The van der Waals surface area contributed by atoms with Crippen molar-refractivity contribution in [1.82, 2.24) is 14.8 Å². The first-order chi connectivity index (χ1) is 12.1. The van der Waals surface area contributed by atoms with Crippen LogP contribution in [0.3, 0.4) is 0 Å². The SMILES string of the molecule is Cc1cc(C(=O)CSc2nc(C3CC3)n(-c3ccccc3)n2)c(C)s1. The summed E-state index contributed by atoms with van der Waals surface area (Å²) in [6.07, 6.45) is 2.34. The molecule has 0 aliphatic heterocycles. The molecule has 0 unspecified atom stereocenters. The lowest BCUT2D eigenvalue weighted by atomic mass is 10.2. The number of carbonyl (C=O) groups excluding carboxylic acids is 1. The molecule has 0 saturated heterocycles. The summed E-state index contributed by atoms with van der Waals surface area (Å²) >= 11 is 3.10. The van der Waals surface area contributed by atoms with E-state index < -0.39 is 0 Å². The molecule has 25 heavy (non-hydrogen) atoms. The third kappa shape index (κ3) is 3.55. The molecule has 1 aliphatic rings. The Labute approximate surface area is 155 Å². The number of para-hydroxylation sites is 1.